The molecule has 1 aromatic carbocycles. The summed E-state index contributed by atoms with van der Waals surface area (Å²) < 4.78 is 6.34. The van der Waals surface area contributed by atoms with Gasteiger partial charge in [0.15, 0.2) is 0 Å². The van der Waals surface area contributed by atoms with E-state index in [0.717, 1.165) is 19.4 Å². The summed E-state index contributed by atoms with van der Waals surface area (Å²) in [5, 5.41) is 3.61. The topological polar surface area (TPSA) is 25.2 Å². The minimum Gasteiger partial charge on any atom is -0.472 e. The third-order valence-electron chi connectivity index (χ3n) is 3.19. The van der Waals surface area contributed by atoms with Crippen LogP contribution in [0.1, 0.15) is 36.1 Å². The van der Waals surface area contributed by atoms with E-state index in [1.54, 1.807) is 6.26 Å². The van der Waals surface area contributed by atoms with E-state index < -0.39 is 0 Å². The lowest BCUT2D eigenvalue weighted by Crippen LogP contribution is -2.24. The van der Waals surface area contributed by atoms with Crippen LogP contribution in [0.25, 0.3) is 0 Å². The van der Waals surface area contributed by atoms with Crippen molar-refractivity contribution in [2.24, 2.45) is 0 Å². The van der Waals surface area contributed by atoms with Crippen LogP contribution in [0.4, 0.5) is 0 Å². The summed E-state index contributed by atoms with van der Waals surface area (Å²) in [7, 11) is 0. The van der Waals surface area contributed by atoms with Crippen molar-refractivity contribution < 1.29 is 4.42 Å². The van der Waals surface area contributed by atoms with E-state index in [9.17, 15) is 0 Å². The third kappa shape index (κ3) is 3.95. The van der Waals surface area contributed by atoms with E-state index in [2.05, 4.69) is 53.3 Å². The lowest BCUT2D eigenvalue weighted by atomic mass is 9.99. The van der Waals surface area contributed by atoms with Gasteiger partial charge in [-0.15, -0.1) is 0 Å². The van der Waals surface area contributed by atoms with Crippen LogP contribution in [-0.2, 0) is 6.42 Å². The second kappa shape index (κ2) is 6.92. The molecule has 0 bridgehead atoms. The van der Waals surface area contributed by atoms with Gasteiger partial charge in [0.1, 0.15) is 0 Å². The summed E-state index contributed by atoms with van der Waals surface area (Å²) in [4.78, 5) is 0. The van der Waals surface area contributed by atoms with Crippen LogP contribution in [0.15, 0.2) is 45.7 Å². The first-order chi connectivity index (χ1) is 9.20. The highest BCUT2D eigenvalue weighted by Crippen LogP contribution is 2.27. The molecule has 3 heteroatoms. The van der Waals surface area contributed by atoms with Crippen molar-refractivity contribution in [1.82, 2.24) is 5.32 Å². The summed E-state index contributed by atoms with van der Waals surface area (Å²) in [6, 6.07) is 8.88. The van der Waals surface area contributed by atoms with Crippen LogP contribution in [0.2, 0.25) is 0 Å². The Labute approximate surface area is 123 Å². The lowest BCUT2D eigenvalue weighted by Gasteiger charge is -2.20. The van der Waals surface area contributed by atoms with Gasteiger partial charge in [-0.05, 0) is 55.1 Å². The maximum atomic E-state index is 5.17. The van der Waals surface area contributed by atoms with Gasteiger partial charge in [-0.3, -0.25) is 0 Å². The average Bonchev–Trinajstić information content (AvgIpc) is 2.88. The molecule has 19 heavy (non-hydrogen) atoms. The minimum absolute atomic E-state index is 0.313. The van der Waals surface area contributed by atoms with Crippen molar-refractivity contribution in [3.63, 3.8) is 0 Å². The highest BCUT2D eigenvalue weighted by atomic mass is 79.9. The third-order valence-corrected chi connectivity index (χ3v) is 3.88. The molecule has 0 fully saturated rings. The van der Waals surface area contributed by atoms with Gasteiger partial charge in [-0.25, -0.2) is 0 Å². The molecule has 0 aliphatic rings. The second-order valence-corrected chi connectivity index (χ2v) is 5.72. The Hall–Kier alpha value is -1.06. The Bertz CT molecular complexity index is 507. The number of benzene rings is 1. The predicted molar refractivity (Wildman–Crippen MR) is 82.3 cm³/mol. The first-order valence-electron chi connectivity index (χ1n) is 6.71. The molecule has 0 radical (unpaired) electrons. The SMILES string of the molecule is CCCNC(Cc1ccoc1)c1ccc(C)cc1Br. The molecule has 0 aliphatic carbocycles. The molecular formula is C16H20BrNO. The van der Waals surface area contributed by atoms with Crippen LogP contribution >= 0.6 is 15.9 Å². The van der Waals surface area contributed by atoms with E-state index in [1.165, 1.54) is 21.2 Å². The Morgan fingerprint density at radius 2 is 2.16 bits per heavy atom. The molecule has 0 amide bonds. The zero-order chi connectivity index (χ0) is 13.7. The molecule has 2 rings (SSSR count). The first kappa shape index (κ1) is 14.4. The fourth-order valence-corrected chi connectivity index (χ4v) is 2.94. The second-order valence-electron chi connectivity index (χ2n) is 4.87. The van der Waals surface area contributed by atoms with Crippen LogP contribution in [0, 0.1) is 6.92 Å². The maximum absolute atomic E-state index is 5.17. The summed E-state index contributed by atoms with van der Waals surface area (Å²) in [5.74, 6) is 0. The zero-order valence-corrected chi connectivity index (χ0v) is 13.0. The van der Waals surface area contributed by atoms with E-state index >= 15 is 0 Å². The van der Waals surface area contributed by atoms with Gasteiger partial charge in [0, 0.05) is 10.5 Å². The first-order valence-corrected chi connectivity index (χ1v) is 7.50. The quantitative estimate of drug-likeness (QED) is 0.838. The monoisotopic (exact) mass is 321 g/mol. The van der Waals surface area contributed by atoms with Crippen molar-refractivity contribution >= 4 is 15.9 Å². The molecule has 102 valence electrons. The largest absolute Gasteiger partial charge is 0.472 e. The van der Waals surface area contributed by atoms with Crippen molar-refractivity contribution in [2.75, 3.05) is 6.54 Å². The van der Waals surface area contributed by atoms with Crippen LogP contribution in [-0.4, -0.2) is 6.54 Å². The maximum Gasteiger partial charge on any atom is 0.0935 e. The number of halogens is 1. The predicted octanol–water partition coefficient (Wildman–Crippen LogP) is 4.63. The molecule has 2 nitrogen and oxygen atoms in total. The highest BCUT2D eigenvalue weighted by molar-refractivity contribution is 9.10. The van der Waals surface area contributed by atoms with Gasteiger partial charge in [0.05, 0.1) is 12.5 Å². The minimum atomic E-state index is 0.313. The van der Waals surface area contributed by atoms with Crippen molar-refractivity contribution in [2.45, 2.75) is 32.7 Å². The van der Waals surface area contributed by atoms with Crippen molar-refractivity contribution in [3.8, 4) is 0 Å². The number of aryl methyl sites for hydroxylation is 1. The smallest absolute Gasteiger partial charge is 0.0935 e. The molecule has 1 N–H and O–H groups in total. The summed E-state index contributed by atoms with van der Waals surface area (Å²) >= 11 is 3.68. The number of hydrogen-bond donors (Lipinski definition) is 1. The van der Waals surface area contributed by atoms with E-state index in [0.29, 0.717) is 6.04 Å². The van der Waals surface area contributed by atoms with Gasteiger partial charge in [-0.1, -0.05) is 35.0 Å². The van der Waals surface area contributed by atoms with Crippen LogP contribution in [0.5, 0.6) is 0 Å². The fraction of sp³-hybridized carbons (Fsp3) is 0.375. The molecule has 0 spiro atoms. The number of rotatable bonds is 6. The van der Waals surface area contributed by atoms with Gasteiger partial charge < -0.3 is 9.73 Å². The van der Waals surface area contributed by atoms with E-state index in [4.69, 9.17) is 4.42 Å². The molecule has 2 aromatic rings. The number of furan rings is 1. The molecule has 1 unspecified atom stereocenters. The Kier molecular flexibility index (Phi) is 5.23. The van der Waals surface area contributed by atoms with Gasteiger partial charge in [0.25, 0.3) is 0 Å². The summed E-state index contributed by atoms with van der Waals surface area (Å²) in [5.41, 5.74) is 3.80. The summed E-state index contributed by atoms with van der Waals surface area (Å²) in [6.45, 7) is 5.31. The highest BCUT2D eigenvalue weighted by Gasteiger charge is 2.15. The Morgan fingerprint density at radius 3 is 2.79 bits per heavy atom. The Balaban J connectivity index is 2.20. The molecule has 1 heterocycles. The van der Waals surface area contributed by atoms with Crippen LogP contribution in [0.3, 0.4) is 0 Å². The van der Waals surface area contributed by atoms with Gasteiger partial charge in [0.2, 0.25) is 0 Å². The molecule has 0 saturated carbocycles. The number of hydrogen-bond acceptors (Lipinski definition) is 2. The average molecular weight is 322 g/mol. The van der Waals surface area contributed by atoms with Gasteiger partial charge in [-0.2, -0.15) is 0 Å². The van der Waals surface area contributed by atoms with Crippen molar-refractivity contribution in [3.05, 3.63) is 58.0 Å². The normalized spacial score (nSPS) is 12.6. The van der Waals surface area contributed by atoms with E-state index in [1.807, 2.05) is 12.3 Å². The van der Waals surface area contributed by atoms with Crippen molar-refractivity contribution in [1.29, 1.82) is 0 Å². The van der Waals surface area contributed by atoms with Crippen LogP contribution < -0.4 is 5.32 Å². The lowest BCUT2D eigenvalue weighted by molar-refractivity contribution is 0.519. The summed E-state index contributed by atoms with van der Waals surface area (Å²) in [6.07, 6.45) is 5.63. The standard InChI is InChI=1S/C16H20BrNO/c1-3-7-18-16(10-13-6-8-19-11-13)14-5-4-12(2)9-15(14)17/h4-6,8-9,11,16,18H,3,7,10H2,1-2H3. The Morgan fingerprint density at radius 1 is 1.32 bits per heavy atom. The molecule has 0 saturated heterocycles. The van der Waals surface area contributed by atoms with E-state index in [-0.39, 0.29) is 0 Å². The molecular weight excluding hydrogens is 302 g/mol. The molecule has 0 aliphatic heterocycles. The number of nitrogens with one attached hydrogen (secondary N) is 1. The zero-order valence-electron chi connectivity index (χ0n) is 11.4. The molecule has 1 aromatic heterocycles. The molecule has 1 atom stereocenters. The fourth-order valence-electron chi connectivity index (χ4n) is 2.17. The van der Waals surface area contributed by atoms with Gasteiger partial charge >= 0.3 is 0 Å².